The lowest BCUT2D eigenvalue weighted by Crippen LogP contribution is -1.90. The van der Waals surface area contributed by atoms with Gasteiger partial charge in [0.05, 0.1) is 0 Å². The molecule has 0 saturated carbocycles. The number of benzene rings is 14. The largest absolute Gasteiger partial charge is 0.0616 e. The Hall–Kier alpha value is -8.58. The molecule has 0 bridgehead atoms. The van der Waals surface area contributed by atoms with Gasteiger partial charge in [-0.25, -0.2) is 0 Å². The molecule has 0 heteroatoms. The first kappa shape index (κ1) is 36.9. The van der Waals surface area contributed by atoms with Gasteiger partial charge in [0.1, 0.15) is 0 Å². The van der Waals surface area contributed by atoms with Gasteiger partial charge in [0, 0.05) is 0 Å². The molecule has 0 aromatic heterocycles. The summed E-state index contributed by atoms with van der Waals surface area (Å²) in [5.41, 5.74) is 9.85. The summed E-state index contributed by atoms with van der Waals surface area (Å²) >= 11 is 0. The first-order valence-corrected chi connectivity index (χ1v) is 23.0. The van der Waals surface area contributed by atoms with Crippen LogP contribution in [-0.2, 0) is 0 Å². The fourth-order valence-electron chi connectivity index (χ4n) is 11.3. The quantitative estimate of drug-likeness (QED) is 0.155. The highest BCUT2D eigenvalue weighted by Crippen LogP contribution is 2.46. The molecular formula is C66H40. The molecule has 0 spiro atoms. The van der Waals surface area contributed by atoms with Gasteiger partial charge in [-0.1, -0.05) is 218 Å². The molecule has 0 atom stereocenters. The molecule has 0 radical (unpaired) electrons. The van der Waals surface area contributed by atoms with Gasteiger partial charge in [0.25, 0.3) is 0 Å². The van der Waals surface area contributed by atoms with Crippen LogP contribution in [0.2, 0.25) is 0 Å². The molecule has 0 unspecified atom stereocenters. The first-order valence-electron chi connectivity index (χ1n) is 23.0. The number of rotatable bonds is 4. The predicted molar refractivity (Wildman–Crippen MR) is 286 cm³/mol. The van der Waals surface area contributed by atoms with Crippen LogP contribution in [0.4, 0.5) is 0 Å². The summed E-state index contributed by atoms with van der Waals surface area (Å²) in [6, 6.07) is 90.3. The van der Waals surface area contributed by atoms with Crippen molar-refractivity contribution in [2.45, 2.75) is 0 Å². The topological polar surface area (TPSA) is 0 Å². The van der Waals surface area contributed by atoms with Crippen LogP contribution in [0.1, 0.15) is 0 Å². The van der Waals surface area contributed by atoms with E-state index < -0.39 is 0 Å². The van der Waals surface area contributed by atoms with E-state index in [0.717, 1.165) is 0 Å². The highest BCUT2D eigenvalue weighted by atomic mass is 14.2. The third kappa shape index (κ3) is 5.59. The molecule has 0 fully saturated rings. The summed E-state index contributed by atoms with van der Waals surface area (Å²) in [5, 5.41) is 23.1. The molecule has 14 aromatic rings. The number of hydrogen-bond donors (Lipinski definition) is 0. The SMILES string of the molecule is c1ccc2c(c1)cc(-c1ccc(-c3ccc4c(c3)c3ccccc3c3c5ccc(-c6ccc(-c7cc8ccccc8c8ccccc78)cc6)cc5c5ccccc5c43)cc1)c1ccccc12. The molecule has 0 N–H and O–H groups in total. The van der Waals surface area contributed by atoms with Gasteiger partial charge in [-0.3, -0.25) is 0 Å². The molecule has 0 saturated heterocycles. The summed E-state index contributed by atoms with van der Waals surface area (Å²) in [7, 11) is 0. The Kier molecular flexibility index (Phi) is 8.08. The molecule has 0 heterocycles. The van der Waals surface area contributed by atoms with E-state index in [1.165, 1.54) is 141 Å². The highest BCUT2D eigenvalue weighted by molar-refractivity contribution is 6.39. The maximum absolute atomic E-state index is 2.42. The number of fused-ring (bicyclic) bond motifs is 17. The Morgan fingerprint density at radius 2 is 0.424 bits per heavy atom. The van der Waals surface area contributed by atoms with Crippen LogP contribution in [0.25, 0.3) is 141 Å². The van der Waals surface area contributed by atoms with E-state index in [0.29, 0.717) is 0 Å². The van der Waals surface area contributed by atoms with Gasteiger partial charge in [0.15, 0.2) is 0 Å². The van der Waals surface area contributed by atoms with Crippen LogP contribution in [0.3, 0.4) is 0 Å². The Labute approximate surface area is 382 Å². The van der Waals surface area contributed by atoms with E-state index in [-0.39, 0.29) is 0 Å². The summed E-state index contributed by atoms with van der Waals surface area (Å²) in [4.78, 5) is 0. The van der Waals surface area contributed by atoms with Crippen molar-refractivity contribution in [1.82, 2.24) is 0 Å². The lowest BCUT2D eigenvalue weighted by atomic mass is 9.85. The van der Waals surface area contributed by atoms with Crippen molar-refractivity contribution in [1.29, 1.82) is 0 Å². The molecule has 14 aromatic carbocycles. The van der Waals surface area contributed by atoms with Crippen molar-refractivity contribution >= 4 is 97.0 Å². The van der Waals surface area contributed by atoms with Crippen LogP contribution in [0.15, 0.2) is 243 Å². The predicted octanol–water partition coefficient (Wildman–Crippen LogP) is 18.7. The van der Waals surface area contributed by atoms with Crippen LogP contribution in [0, 0.1) is 0 Å². The third-order valence-electron chi connectivity index (χ3n) is 14.4. The van der Waals surface area contributed by atoms with Crippen molar-refractivity contribution in [3.63, 3.8) is 0 Å². The third-order valence-corrected chi connectivity index (χ3v) is 14.4. The molecule has 0 aliphatic heterocycles. The van der Waals surface area contributed by atoms with Crippen molar-refractivity contribution in [2.24, 2.45) is 0 Å². The maximum Gasteiger partial charge on any atom is -0.00139 e. The van der Waals surface area contributed by atoms with Crippen molar-refractivity contribution < 1.29 is 0 Å². The van der Waals surface area contributed by atoms with E-state index in [1.54, 1.807) is 0 Å². The van der Waals surface area contributed by atoms with E-state index in [9.17, 15) is 0 Å². The standard InChI is InChI=1S/C66H40/c1-3-15-49-47(13-1)39-61(53-19-7-5-17-51(49)53)43-29-25-41(26-30-43)45-33-35-59-63(37-45)55-21-9-11-23-57(55)66-60-36-34-46(38-64(60)56-22-10-12-24-58(56)65(59)66)42-27-31-44(32-28-42)62-40-48-14-2-4-16-50(48)52-18-6-8-20-54(52)62/h1-40H. The molecule has 304 valence electrons. The van der Waals surface area contributed by atoms with E-state index >= 15 is 0 Å². The molecule has 0 nitrogen and oxygen atoms in total. The second-order valence-corrected chi connectivity index (χ2v) is 17.9. The zero-order chi connectivity index (χ0) is 43.3. The van der Waals surface area contributed by atoms with Crippen LogP contribution < -0.4 is 0 Å². The number of hydrogen-bond acceptors (Lipinski definition) is 0. The summed E-state index contributed by atoms with van der Waals surface area (Å²) in [6.07, 6.45) is 0. The van der Waals surface area contributed by atoms with Gasteiger partial charge in [-0.2, -0.15) is 0 Å². The van der Waals surface area contributed by atoms with Crippen molar-refractivity contribution in [3.8, 4) is 44.5 Å². The summed E-state index contributed by atoms with van der Waals surface area (Å²) in [6.45, 7) is 0. The Morgan fingerprint density at radius 1 is 0.152 bits per heavy atom. The molecule has 0 amide bonds. The van der Waals surface area contributed by atoms with Crippen LogP contribution in [0.5, 0.6) is 0 Å². The Bertz CT molecular complexity index is 4030. The van der Waals surface area contributed by atoms with E-state index in [4.69, 9.17) is 0 Å². The molecule has 66 heavy (non-hydrogen) atoms. The second-order valence-electron chi connectivity index (χ2n) is 17.9. The zero-order valence-corrected chi connectivity index (χ0v) is 36.1. The fraction of sp³-hybridized carbons (Fsp3) is 0. The summed E-state index contributed by atoms with van der Waals surface area (Å²) < 4.78 is 0. The Morgan fingerprint density at radius 3 is 0.818 bits per heavy atom. The zero-order valence-electron chi connectivity index (χ0n) is 36.1. The summed E-state index contributed by atoms with van der Waals surface area (Å²) in [5.74, 6) is 0. The molecule has 0 aliphatic carbocycles. The van der Waals surface area contributed by atoms with Gasteiger partial charge in [0.2, 0.25) is 0 Å². The highest BCUT2D eigenvalue weighted by Gasteiger charge is 2.18. The van der Waals surface area contributed by atoms with E-state index in [2.05, 4.69) is 243 Å². The minimum atomic E-state index is 1.21. The normalized spacial score (nSPS) is 11.9. The minimum Gasteiger partial charge on any atom is -0.0616 e. The average molecular weight is 833 g/mol. The Balaban J connectivity index is 0.896. The van der Waals surface area contributed by atoms with Crippen LogP contribution in [-0.4, -0.2) is 0 Å². The minimum absolute atomic E-state index is 1.21. The van der Waals surface area contributed by atoms with Gasteiger partial charge >= 0.3 is 0 Å². The van der Waals surface area contributed by atoms with Crippen LogP contribution >= 0.6 is 0 Å². The smallest absolute Gasteiger partial charge is 0.00139 e. The molecule has 0 aliphatic rings. The lowest BCUT2D eigenvalue weighted by Gasteiger charge is -2.18. The van der Waals surface area contributed by atoms with Gasteiger partial charge < -0.3 is 0 Å². The second kappa shape index (κ2) is 14.5. The van der Waals surface area contributed by atoms with Crippen molar-refractivity contribution in [3.05, 3.63) is 243 Å². The molecule has 14 rings (SSSR count). The van der Waals surface area contributed by atoms with E-state index in [1.807, 2.05) is 0 Å². The van der Waals surface area contributed by atoms with Gasteiger partial charge in [-0.15, -0.1) is 0 Å². The van der Waals surface area contributed by atoms with Crippen molar-refractivity contribution in [2.75, 3.05) is 0 Å². The first-order chi connectivity index (χ1) is 32.7. The fourth-order valence-corrected chi connectivity index (χ4v) is 11.3. The monoisotopic (exact) mass is 832 g/mol. The average Bonchev–Trinajstić information content (AvgIpc) is 3.40. The molecular weight excluding hydrogens is 793 g/mol. The maximum atomic E-state index is 2.42. The lowest BCUT2D eigenvalue weighted by molar-refractivity contribution is 1.63. The van der Waals surface area contributed by atoms with Gasteiger partial charge in [-0.05, 0) is 166 Å².